The molecule has 0 N–H and O–H groups in total. The lowest BCUT2D eigenvalue weighted by Gasteiger charge is -1.99. The Morgan fingerprint density at radius 1 is 0.556 bits per heavy atom. The maximum Gasteiger partial charge on any atom is 0.0709 e. The van der Waals surface area contributed by atoms with Gasteiger partial charge in [-0.1, -0.05) is 96.6 Å². The summed E-state index contributed by atoms with van der Waals surface area (Å²) in [4.78, 5) is 4.68. The summed E-state index contributed by atoms with van der Waals surface area (Å²) in [5, 5.41) is 1.17. The van der Waals surface area contributed by atoms with E-state index >= 15 is 0 Å². The van der Waals surface area contributed by atoms with E-state index in [1.807, 2.05) is 18.2 Å². The number of aromatic nitrogens is 1. The number of hydrogen-bond acceptors (Lipinski definition) is 1. The molecule has 0 aliphatic heterocycles. The van der Waals surface area contributed by atoms with Gasteiger partial charge in [0, 0.05) is 5.39 Å². The fourth-order valence-electron chi connectivity index (χ4n) is 2.94. The molecular formula is C26H21N. The van der Waals surface area contributed by atoms with Crippen LogP contribution in [0.3, 0.4) is 0 Å². The molecule has 0 aliphatic carbocycles. The Bertz CT molecular complexity index is 1100. The number of aryl methyl sites for hydroxylation is 1. The van der Waals surface area contributed by atoms with Crippen LogP contribution in [0, 0.1) is 6.92 Å². The average molecular weight is 347 g/mol. The van der Waals surface area contributed by atoms with Crippen molar-refractivity contribution >= 4 is 35.2 Å². The lowest BCUT2D eigenvalue weighted by Crippen LogP contribution is -1.82. The molecule has 4 rings (SSSR count). The SMILES string of the molecule is Cc1ccc(C=Cc2ccc(C=Cc3ccc4ccccc4n3)cc2)cc1. The number of rotatable bonds is 4. The highest BCUT2D eigenvalue weighted by atomic mass is 14.7. The number of nitrogens with zero attached hydrogens (tertiary/aromatic N) is 1. The molecule has 0 aliphatic rings. The van der Waals surface area contributed by atoms with Gasteiger partial charge in [0.1, 0.15) is 0 Å². The first-order valence-electron chi connectivity index (χ1n) is 9.15. The number of pyridine rings is 1. The summed E-state index contributed by atoms with van der Waals surface area (Å²) in [6.45, 7) is 2.10. The fraction of sp³-hybridized carbons (Fsp3) is 0.0385. The van der Waals surface area contributed by atoms with Gasteiger partial charge < -0.3 is 0 Å². The van der Waals surface area contributed by atoms with Gasteiger partial charge in [-0.05, 0) is 41.8 Å². The van der Waals surface area contributed by atoms with Crippen LogP contribution in [-0.2, 0) is 0 Å². The smallest absolute Gasteiger partial charge is 0.0709 e. The second-order valence-electron chi connectivity index (χ2n) is 6.67. The number of fused-ring (bicyclic) bond motifs is 1. The summed E-state index contributed by atoms with van der Waals surface area (Å²) in [5.74, 6) is 0. The van der Waals surface area contributed by atoms with E-state index < -0.39 is 0 Å². The lowest BCUT2D eigenvalue weighted by atomic mass is 10.1. The first-order chi connectivity index (χ1) is 13.3. The Labute approximate surface area is 160 Å². The largest absolute Gasteiger partial charge is 0.248 e. The zero-order valence-corrected chi connectivity index (χ0v) is 15.3. The third-order valence-corrected chi connectivity index (χ3v) is 4.55. The van der Waals surface area contributed by atoms with Gasteiger partial charge in [-0.15, -0.1) is 0 Å². The van der Waals surface area contributed by atoms with Crippen LogP contribution in [0.15, 0.2) is 84.9 Å². The molecule has 0 atom stereocenters. The molecule has 1 heterocycles. The van der Waals surface area contributed by atoms with Crippen molar-refractivity contribution in [1.82, 2.24) is 4.98 Å². The minimum atomic E-state index is 0.969. The molecule has 27 heavy (non-hydrogen) atoms. The zero-order chi connectivity index (χ0) is 18.5. The molecule has 0 radical (unpaired) electrons. The van der Waals surface area contributed by atoms with Gasteiger partial charge in [0.15, 0.2) is 0 Å². The van der Waals surface area contributed by atoms with E-state index in [9.17, 15) is 0 Å². The first-order valence-corrected chi connectivity index (χ1v) is 9.15. The Morgan fingerprint density at radius 3 is 1.78 bits per heavy atom. The normalized spacial score (nSPS) is 11.6. The molecule has 1 nitrogen and oxygen atoms in total. The molecule has 0 amide bonds. The highest BCUT2D eigenvalue weighted by Crippen LogP contribution is 2.15. The molecule has 0 saturated heterocycles. The quantitative estimate of drug-likeness (QED) is 0.366. The monoisotopic (exact) mass is 347 g/mol. The predicted molar refractivity (Wildman–Crippen MR) is 117 cm³/mol. The Morgan fingerprint density at radius 2 is 1.11 bits per heavy atom. The minimum Gasteiger partial charge on any atom is -0.248 e. The molecule has 1 heteroatoms. The zero-order valence-electron chi connectivity index (χ0n) is 15.3. The van der Waals surface area contributed by atoms with E-state index in [0.29, 0.717) is 0 Å². The molecule has 0 unspecified atom stereocenters. The highest BCUT2D eigenvalue weighted by molar-refractivity contribution is 5.81. The highest BCUT2D eigenvalue weighted by Gasteiger charge is 1.95. The van der Waals surface area contributed by atoms with Gasteiger partial charge in [0.2, 0.25) is 0 Å². The Balaban J connectivity index is 1.46. The number of hydrogen-bond donors (Lipinski definition) is 0. The lowest BCUT2D eigenvalue weighted by molar-refractivity contribution is 1.37. The van der Waals surface area contributed by atoms with Crippen LogP contribution in [0.2, 0.25) is 0 Å². The summed E-state index contributed by atoms with van der Waals surface area (Å²) >= 11 is 0. The number of para-hydroxylation sites is 1. The van der Waals surface area contributed by atoms with Crippen molar-refractivity contribution in [2.75, 3.05) is 0 Å². The van der Waals surface area contributed by atoms with E-state index in [4.69, 9.17) is 0 Å². The maximum atomic E-state index is 4.68. The Hall–Kier alpha value is -3.45. The van der Waals surface area contributed by atoms with Crippen LogP contribution < -0.4 is 0 Å². The molecule has 1 aromatic heterocycles. The van der Waals surface area contributed by atoms with Gasteiger partial charge in [-0.25, -0.2) is 4.98 Å². The molecular weight excluding hydrogens is 326 g/mol. The maximum absolute atomic E-state index is 4.68. The van der Waals surface area contributed by atoms with Crippen LogP contribution >= 0.6 is 0 Å². The fourth-order valence-corrected chi connectivity index (χ4v) is 2.94. The van der Waals surface area contributed by atoms with Crippen LogP contribution in [0.25, 0.3) is 35.2 Å². The third-order valence-electron chi connectivity index (χ3n) is 4.55. The summed E-state index contributed by atoms with van der Waals surface area (Å²) in [7, 11) is 0. The summed E-state index contributed by atoms with van der Waals surface area (Å²) in [6, 6.07) is 29.4. The molecule has 0 saturated carbocycles. The van der Waals surface area contributed by atoms with Gasteiger partial charge in [-0.3, -0.25) is 0 Å². The van der Waals surface area contributed by atoms with Crippen LogP contribution in [-0.4, -0.2) is 4.98 Å². The van der Waals surface area contributed by atoms with Crippen molar-refractivity contribution < 1.29 is 0 Å². The average Bonchev–Trinajstić information content (AvgIpc) is 2.72. The second-order valence-corrected chi connectivity index (χ2v) is 6.67. The van der Waals surface area contributed by atoms with Crippen LogP contribution in [0.5, 0.6) is 0 Å². The molecule has 0 spiro atoms. The second kappa shape index (κ2) is 7.84. The molecule has 0 bridgehead atoms. The van der Waals surface area contributed by atoms with Crippen molar-refractivity contribution in [2.24, 2.45) is 0 Å². The summed E-state index contributed by atoms with van der Waals surface area (Å²) < 4.78 is 0. The molecule has 130 valence electrons. The summed E-state index contributed by atoms with van der Waals surface area (Å²) in [6.07, 6.45) is 8.44. The minimum absolute atomic E-state index is 0.969. The van der Waals surface area contributed by atoms with Crippen LogP contribution in [0.1, 0.15) is 27.9 Å². The van der Waals surface area contributed by atoms with Crippen molar-refractivity contribution in [3.8, 4) is 0 Å². The van der Waals surface area contributed by atoms with E-state index in [0.717, 1.165) is 16.8 Å². The first kappa shape index (κ1) is 17.0. The van der Waals surface area contributed by atoms with Crippen molar-refractivity contribution in [2.45, 2.75) is 6.92 Å². The topological polar surface area (TPSA) is 12.9 Å². The Kier molecular flexibility index (Phi) is 4.93. The van der Waals surface area contributed by atoms with Gasteiger partial charge >= 0.3 is 0 Å². The standard InChI is InChI=1S/C26H21N/c1-20-6-8-21(9-7-20)10-11-22-12-14-23(15-13-22)16-18-25-19-17-24-4-2-3-5-26(24)27-25/h2-19H,1H3. The van der Waals surface area contributed by atoms with Gasteiger partial charge in [0.05, 0.1) is 11.2 Å². The van der Waals surface area contributed by atoms with E-state index in [-0.39, 0.29) is 0 Å². The van der Waals surface area contributed by atoms with Crippen LogP contribution in [0.4, 0.5) is 0 Å². The van der Waals surface area contributed by atoms with Gasteiger partial charge in [0.25, 0.3) is 0 Å². The van der Waals surface area contributed by atoms with Crippen molar-refractivity contribution in [3.63, 3.8) is 0 Å². The molecule has 3 aromatic carbocycles. The van der Waals surface area contributed by atoms with Gasteiger partial charge in [-0.2, -0.15) is 0 Å². The van der Waals surface area contributed by atoms with E-state index in [2.05, 4.69) is 103 Å². The predicted octanol–water partition coefficient (Wildman–Crippen LogP) is 6.88. The van der Waals surface area contributed by atoms with Crippen molar-refractivity contribution in [1.29, 1.82) is 0 Å². The molecule has 4 aromatic rings. The van der Waals surface area contributed by atoms with E-state index in [1.54, 1.807) is 0 Å². The number of benzene rings is 3. The van der Waals surface area contributed by atoms with E-state index in [1.165, 1.54) is 22.1 Å². The molecule has 0 fully saturated rings. The summed E-state index contributed by atoms with van der Waals surface area (Å²) in [5.41, 5.74) is 6.85. The van der Waals surface area contributed by atoms with Crippen molar-refractivity contribution in [3.05, 3.63) is 113 Å². The third kappa shape index (κ3) is 4.39.